The minimum atomic E-state index is -0.556. The first-order valence-corrected chi connectivity index (χ1v) is 16.7. The Hall–Kier alpha value is -2.55. The van der Waals surface area contributed by atoms with E-state index in [1.54, 1.807) is 0 Å². The van der Waals surface area contributed by atoms with Crippen LogP contribution in [-0.2, 0) is 23.6 Å². The van der Waals surface area contributed by atoms with Gasteiger partial charge in [0.2, 0.25) is 0 Å². The van der Waals surface area contributed by atoms with Crippen LogP contribution in [0.1, 0.15) is 44.9 Å². The van der Waals surface area contributed by atoms with E-state index in [1.807, 2.05) is 0 Å². The van der Waals surface area contributed by atoms with Crippen molar-refractivity contribution in [1.82, 2.24) is 0 Å². The third-order valence-electron chi connectivity index (χ3n) is 7.25. The van der Waals surface area contributed by atoms with E-state index < -0.39 is 17.0 Å². The Balaban J connectivity index is 0.000000892. The maximum absolute atomic E-state index is 5.21. The predicted molar refractivity (Wildman–Crippen MR) is 156 cm³/mol. The number of aryl methyl sites for hydroxylation is 3. The van der Waals surface area contributed by atoms with Crippen molar-refractivity contribution < 1.29 is 17.0 Å². The molecule has 0 saturated carbocycles. The fourth-order valence-corrected chi connectivity index (χ4v) is 5.87. The number of nitrogens with zero attached hydrogens (tertiary/aromatic N) is 1. The Bertz CT molecular complexity index is 1510. The van der Waals surface area contributed by atoms with E-state index in [-0.39, 0.29) is 5.92 Å². The van der Waals surface area contributed by atoms with Crippen LogP contribution < -0.4 is 0 Å². The van der Waals surface area contributed by atoms with E-state index in [2.05, 4.69) is 118 Å². The monoisotopic (exact) mass is 556 g/mol. The van der Waals surface area contributed by atoms with Crippen LogP contribution >= 0.6 is 18.6 Å². The molecule has 5 aromatic rings. The minimum absolute atomic E-state index is 0.224. The van der Waals surface area contributed by atoms with Gasteiger partial charge in [0.15, 0.2) is 0 Å². The average molecular weight is 557 g/mol. The topological polar surface area (TPSA) is 14.1 Å². The molecule has 0 atom stereocenters. The molecule has 0 N–H and O–H groups in total. The summed E-state index contributed by atoms with van der Waals surface area (Å²) >= 11 is -0.556. The molecule has 0 aromatic heterocycles. The van der Waals surface area contributed by atoms with Crippen molar-refractivity contribution in [3.05, 3.63) is 141 Å². The normalized spacial score (nSPS) is 11.9. The van der Waals surface area contributed by atoms with Crippen molar-refractivity contribution in [3.63, 3.8) is 0 Å². The second-order valence-electron chi connectivity index (χ2n) is 9.60. The van der Waals surface area contributed by atoms with Crippen LogP contribution in [0, 0.1) is 20.8 Å². The summed E-state index contributed by atoms with van der Waals surface area (Å²) < 4.78 is 0. The molecule has 0 fully saturated rings. The molecule has 5 aromatic carbocycles. The van der Waals surface area contributed by atoms with E-state index in [0.29, 0.717) is 6.54 Å². The molecule has 1 aliphatic rings. The average Bonchev–Trinajstić information content (AvgIpc) is 3.23. The van der Waals surface area contributed by atoms with Crippen molar-refractivity contribution in [2.24, 2.45) is 0 Å². The Morgan fingerprint density at radius 2 is 1.22 bits per heavy atom. The quantitative estimate of drug-likeness (QED) is 0.192. The molecule has 0 aliphatic heterocycles. The predicted octanol–water partition coefficient (Wildman–Crippen LogP) is 10.5. The second kappa shape index (κ2) is 11.5. The van der Waals surface area contributed by atoms with Gasteiger partial charge in [0.1, 0.15) is 0 Å². The SMILES string of the molecule is Cc1cc(C)c([N-]Cc2c(C3c4ccccc4-c4ccccc43)ccc3ccccc23)c(C)c1.[Cl][Ti][Cl]. The molecular weight excluding hydrogens is 529 g/mol. The molecule has 0 heterocycles. The van der Waals surface area contributed by atoms with E-state index in [1.165, 1.54) is 60.8 Å². The first kappa shape index (κ1) is 26.1. The second-order valence-corrected chi connectivity index (χ2v) is 12.2. The molecule has 1 aliphatic carbocycles. The summed E-state index contributed by atoms with van der Waals surface area (Å²) in [5.74, 6) is 0.224. The zero-order valence-corrected chi connectivity index (χ0v) is 24.3. The van der Waals surface area contributed by atoms with Gasteiger partial charge in [0.05, 0.1) is 0 Å². The molecular formula is C33H28Cl2NTi-. The summed E-state index contributed by atoms with van der Waals surface area (Å²) in [6.45, 7) is 7.17. The van der Waals surface area contributed by atoms with Gasteiger partial charge in [-0.15, -0.1) is 12.2 Å². The van der Waals surface area contributed by atoms with Crippen LogP contribution in [0.15, 0.2) is 97.1 Å². The van der Waals surface area contributed by atoms with E-state index in [0.717, 1.165) is 5.69 Å². The number of hydrogen-bond acceptors (Lipinski definition) is 0. The molecule has 184 valence electrons. The molecule has 0 radical (unpaired) electrons. The van der Waals surface area contributed by atoms with Crippen LogP contribution in [0.5, 0.6) is 0 Å². The van der Waals surface area contributed by atoms with Crippen molar-refractivity contribution in [3.8, 4) is 11.1 Å². The van der Waals surface area contributed by atoms with Crippen LogP contribution in [0.3, 0.4) is 0 Å². The van der Waals surface area contributed by atoms with Crippen molar-refractivity contribution in [2.45, 2.75) is 33.2 Å². The zero-order valence-electron chi connectivity index (χ0n) is 21.2. The van der Waals surface area contributed by atoms with Gasteiger partial charge >= 0.3 is 35.6 Å². The van der Waals surface area contributed by atoms with Crippen molar-refractivity contribution >= 4 is 35.1 Å². The van der Waals surface area contributed by atoms with Gasteiger partial charge in [-0.1, -0.05) is 119 Å². The summed E-state index contributed by atoms with van der Waals surface area (Å²) in [6, 6.07) is 35.6. The molecule has 4 heteroatoms. The third kappa shape index (κ3) is 5.11. The first-order chi connectivity index (χ1) is 18.0. The zero-order chi connectivity index (χ0) is 25.9. The van der Waals surface area contributed by atoms with Gasteiger partial charge in [0.25, 0.3) is 0 Å². The molecule has 0 spiro atoms. The summed E-state index contributed by atoms with van der Waals surface area (Å²) in [4.78, 5) is 0. The number of fused-ring (bicyclic) bond motifs is 4. The van der Waals surface area contributed by atoms with E-state index in [4.69, 9.17) is 23.9 Å². The Labute approximate surface area is 236 Å². The van der Waals surface area contributed by atoms with E-state index >= 15 is 0 Å². The summed E-state index contributed by atoms with van der Waals surface area (Å²) in [7, 11) is 9.78. The number of halogens is 2. The summed E-state index contributed by atoms with van der Waals surface area (Å²) in [5.41, 5.74) is 13.1. The van der Waals surface area contributed by atoms with Gasteiger partial charge in [-0.05, 0) is 59.4 Å². The third-order valence-corrected chi connectivity index (χ3v) is 7.25. The molecule has 37 heavy (non-hydrogen) atoms. The van der Waals surface area contributed by atoms with Crippen molar-refractivity contribution in [2.75, 3.05) is 0 Å². The fraction of sp³-hybridized carbons (Fsp3) is 0.152. The van der Waals surface area contributed by atoms with Crippen LogP contribution in [0.4, 0.5) is 5.69 Å². The number of hydrogen-bond donors (Lipinski definition) is 0. The van der Waals surface area contributed by atoms with Gasteiger partial charge in [-0.25, -0.2) is 0 Å². The molecule has 6 rings (SSSR count). The number of rotatable bonds is 4. The summed E-state index contributed by atoms with van der Waals surface area (Å²) in [6.07, 6.45) is 0. The molecule has 0 saturated heterocycles. The molecule has 0 unspecified atom stereocenters. The summed E-state index contributed by atoms with van der Waals surface area (Å²) in [5, 5.41) is 7.78. The Morgan fingerprint density at radius 3 is 1.84 bits per heavy atom. The Kier molecular flexibility index (Phi) is 8.08. The van der Waals surface area contributed by atoms with Crippen molar-refractivity contribution in [1.29, 1.82) is 0 Å². The van der Waals surface area contributed by atoms with Crippen LogP contribution in [-0.4, -0.2) is 0 Å². The van der Waals surface area contributed by atoms with Gasteiger partial charge < -0.3 is 5.32 Å². The van der Waals surface area contributed by atoms with E-state index in [9.17, 15) is 0 Å². The standard InChI is InChI=1S/C33H28N.2ClH.Ti/c1-21-18-22(2)33(23(3)19-21)34-20-31-25-11-5-4-10-24(25)16-17-30(31)32-28-14-8-6-12-26(28)27-13-7-9-15-29(27)32;;;/h4-19,32H,20H2,1-3H3;2*1H;/q-1;;;+2/p-2. The molecule has 0 amide bonds. The van der Waals surface area contributed by atoms with Gasteiger partial charge in [-0.2, -0.15) is 0 Å². The van der Waals surface area contributed by atoms with Crippen LogP contribution in [0.25, 0.3) is 27.2 Å². The van der Waals surface area contributed by atoms with Crippen LogP contribution in [0.2, 0.25) is 0 Å². The van der Waals surface area contributed by atoms with Gasteiger partial charge in [0, 0.05) is 5.92 Å². The molecule has 0 bridgehead atoms. The Morgan fingerprint density at radius 1 is 0.676 bits per heavy atom. The van der Waals surface area contributed by atoms with Gasteiger partial charge in [-0.3, -0.25) is 0 Å². The number of benzene rings is 5. The molecule has 1 nitrogen and oxygen atoms in total. The maximum atomic E-state index is 5.21. The fourth-order valence-electron chi connectivity index (χ4n) is 5.87. The first-order valence-electron chi connectivity index (χ1n) is 12.4.